The van der Waals surface area contributed by atoms with Crippen LogP contribution in [0.3, 0.4) is 0 Å². The van der Waals surface area contributed by atoms with E-state index in [-0.39, 0.29) is 11.3 Å². The van der Waals surface area contributed by atoms with Crippen LogP contribution in [0, 0.1) is 0 Å². The molecule has 0 atom stereocenters. The van der Waals surface area contributed by atoms with Gasteiger partial charge in [0.05, 0.1) is 11.1 Å². The van der Waals surface area contributed by atoms with Crippen molar-refractivity contribution in [2.24, 2.45) is 5.73 Å². The fraction of sp³-hybridized carbons (Fsp3) is 0. The van der Waals surface area contributed by atoms with Gasteiger partial charge in [0.25, 0.3) is 5.91 Å². The highest BCUT2D eigenvalue weighted by Gasteiger charge is 2.14. The van der Waals surface area contributed by atoms with Gasteiger partial charge in [-0.15, -0.1) is 0 Å². The van der Waals surface area contributed by atoms with E-state index < -0.39 is 11.8 Å². The van der Waals surface area contributed by atoms with Gasteiger partial charge in [-0.1, -0.05) is 22.7 Å². The fourth-order valence-corrected chi connectivity index (χ4v) is 1.54. The first-order valence-corrected chi connectivity index (χ1v) is 4.74. The molecule has 0 fully saturated rings. The number of pyridine rings is 1. The number of rotatable bonds is 2. The van der Waals surface area contributed by atoms with Gasteiger partial charge in [0.2, 0.25) is 5.91 Å². The number of hydrogen-bond donors (Lipinski definition) is 2. The summed E-state index contributed by atoms with van der Waals surface area (Å²) in [5, 5.41) is 0.524. The number of fused-ring (bicyclic) bond motifs is 1. The van der Waals surface area contributed by atoms with Gasteiger partial charge < -0.3 is 5.73 Å². The minimum Gasteiger partial charge on any atom is -0.366 e. The molecule has 2 aromatic rings. The van der Waals surface area contributed by atoms with E-state index in [9.17, 15) is 14.1 Å². The summed E-state index contributed by atoms with van der Waals surface area (Å²) in [4.78, 5) is 26.3. The maximum atomic E-state index is 12.0. The average Bonchev–Trinajstić information content (AvgIpc) is 2.36. The Morgan fingerprint density at radius 2 is 2.00 bits per heavy atom. The topological polar surface area (TPSA) is 85.1 Å². The maximum absolute atomic E-state index is 12.0. The standard InChI is InChI=1S/C11H8FN3O2/c12-15-11(17)9-5-7(10(13)16)6-3-1-2-4-8(6)14-9/h1-5H,(H2,13,16)(H,15,17). The van der Waals surface area contributed by atoms with Gasteiger partial charge in [-0.2, -0.15) is 5.54 Å². The van der Waals surface area contributed by atoms with Crippen molar-refractivity contribution >= 4 is 22.7 Å². The summed E-state index contributed by atoms with van der Waals surface area (Å²) in [7, 11) is 0. The normalized spacial score (nSPS) is 10.2. The van der Waals surface area contributed by atoms with E-state index in [4.69, 9.17) is 5.73 Å². The third kappa shape index (κ3) is 1.92. The van der Waals surface area contributed by atoms with E-state index in [2.05, 4.69) is 4.98 Å². The highest BCUT2D eigenvalue weighted by molar-refractivity contribution is 6.07. The number of benzene rings is 1. The van der Waals surface area contributed by atoms with Crippen molar-refractivity contribution in [3.05, 3.63) is 41.6 Å². The molecular formula is C11H8FN3O2. The van der Waals surface area contributed by atoms with Crippen LogP contribution in [-0.4, -0.2) is 16.8 Å². The molecule has 0 aliphatic heterocycles. The molecule has 0 aliphatic rings. The highest BCUT2D eigenvalue weighted by atomic mass is 19.2. The number of aromatic nitrogens is 1. The molecule has 17 heavy (non-hydrogen) atoms. The van der Waals surface area contributed by atoms with Crippen molar-refractivity contribution in [2.75, 3.05) is 0 Å². The fourth-order valence-electron chi connectivity index (χ4n) is 1.54. The van der Waals surface area contributed by atoms with Crippen LogP contribution in [0.2, 0.25) is 0 Å². The molecule has 2 amide bonds. The third-order valence-corrected chi connectivity index (χ3v) is 2.30. The van der Waals surface area contributed by atoms with Crippen LogP contribution in [0.4, 0.5) is 4.48 Å². The summed E-state index contributed by atoms with van der Waals surface area (Å²) in [6, 6.07) is 7.83. The summed E-state index contributed by atoms with van der Waals surface area (Å²) in [5.74, 6) is -1.71. The lowest BCUT2D eigenvalue weighted by Gasteiger charge is -2.05. The lowest BCUT2D eigenvalue weighted by atomic mass is 10.1. The number of para-hydroxylation sites is 1. The number of nitrogens with zero attached hydrogens (tertiary/aromatic N) is 1. The summed E-state index contributed by atoms with van der Waals surface area (Å²) in [6.45, 7) is 0. The van der Waals surface area contributed by atoms with Gasteiger partial charge in [0.1, 0.15) is 5.69 Å². The molecule has 5 nitrogen and oxygen atoms in total. The maximum Gasteiger partial charge on any atom is 0.297 e. The number of nitrogens with two attached hydrogens (primary N) is 1. The first-order chi connectivity index (χ1) is 8.13. The first kappa shape index (κ1) is 11.0. The van der Waals surface area contributed by atoms with Crippen LogP contribution in [0.1, 0.15) is 20.8 Å². The highest BCUT2D eigenvalue weighted by Crippen LogP contribution is 2.17. The van der Waals surface area contributed by atoms with Gasteiger partial charge in [0, 0.05) is 5.39 Å². The minimum atomic E-state index is -1.02. The zero-order valence-corrected chi connectivity index (χ0v) is 8.61. The SMILES string of the molecule is NC(=O)c1cc(C(=O)NF)nc2ccccc12. The van der Waals surface area contributed by atoms with Crippen LogP contribution in [-0.2, 0) is 0 Å². The molecule has 1 heterocycles. The minimum absolute atomic E-state index is 0.134. The zero-order valence-electron chi connectivity index (χ0n) is 8.61. The molecule has 0 unspecified atom stereocenters. The Balaban J connectivity index is 2.76. The van der Waals surface area contributed by atoms with Crippen LogP contribution in [0.25, 0.3) is 10.9 Å². The Morgan fingerprint density at radius 1 is 1.29 bits per heavy atom. The Labute approximate surface area is 95.4 Å². The molecule has 86 valence electrons. The molecule has 0 saturated carbocycles. The number of halogens is 1. The molecule has 0 radical (unpaired) electrons. The van der Waals surface area contributed by atoms with Gasteiger partial charge in [-0.05, 0) is 12.1 Å². The number of nitrogens with one attached hydrogen (secondary N) is 1. The van der Waals surface area contributed by atoms with Crippen LogP contribution < -0.4 is 11.3 Å². The second kappa shape index (κ2) is 4.17. The van der Waals surface area contributed by atoms with E-state index >= 15 is 0 Å². The molecule has 0 saturated heterocycles. The summed E-state index contributed by atoms with van der Waals surface area (Å²) < 4.78 is 12.0. The molecule has 2 rings (SSSR count). The molecule has 0 aliphatic carbocycles. The Hall–Kier alpha value is -2.50. The predicted octanol–water partition coefficient (Wildman–Crippen LogP) is 0.948. The van der Waals surface area contributed by atoms with E-state index in [0.717, 1.165) is 5.54 Å². The summed E-state index contributed by atoms with van der Waals surface area (Å²) in [5.41, 5.74) is 6.50. The van der Waals surface area contributed by atoms with Crippen molar-refractivity contribution < 1.29 is 14.1 Å². The number of primary amides is 1. The number of amides is 2. The van der Waals surface area contributed by atoms with Crippen molar-refractivity contribution in [1.29, 1.82) is 0 Å². The Kier molecular flexibility index (Phi) is 2.70. The first-order valence-electron chi connectivity index (χ1n) is 4.74. The molecule has 1 aromatic carbocycles. The van der Waals surface area contributed by atoms with Gasteiger partial charge in [-0.3, -0.25) is 9.59 Å². The number of hydrogen-bond acceptors (Lipinski definition) is 3. The van der Waals surface area contributed by atoms with Crippen molar-refractivity contribution in [3.63, 3.8) is 0 Å². The largest absolute Gasteiger partial charge is 0.366 e. The lowest BCUT2D eigenvalue weighted by Crippen LogP contribution is -2.18. The van der Waals surface area contributed by atoms with Crippen molar-refractivity contribution in [1.82, 2.24) is 10.5 Å². The zero-order chi connectivity index (χ0) is 12.4. The molecular weight excluding hydrogens is 225 g/mol. The van der Waals surface area contributed by atoms with Gasteiger partial charge >= 0.3 is 0 Å². The Bertz CT molecular complexity index is 613. The molecule has 3 N–H and O–H groups in total. The van der Waals surface area contributed by atoms with E-state index in [0.29, 0.717) is 10.9 Å². The summed E-state index contributed by atoms with van der Waals surface area (Å²) >= 11 is 0. The van der Waals surface area contributed by atoms with Gasteiger partial charge in [0.15, 0.2) is 0 Å². The molecule has 1 aromatic heterocycles. The molecule has 0 bridgehead atoms. The van der Waals surface area contributed by atoms with Crippen LogP contribution in [0.15, 0.2) is 30.3 Å². The monoisotopic (exact) mass is 233 g/mol. The van der Waals surface area contributed by atoms with E-state index in [1.807, 2.05) is 0 Å². The lowest BCUT2D eigenvalue weighted by molar-refractivity contribution is 0.0854. The smallest absolute Gasteiger partial charge is 0.297 e. The molecule has 6 heteroatoms. The second-order valence-electron chi connectivity index (χ2n) is 3.36. The quantitative estimate of drug-likeness (QED) is 0.757. The second-order valence-corrected chi connectivity index (χ2v) is 3.36. The van der Waals surface area contributed by atoms with E-state index in [1.54, 1.807) is 24.3 Å². The average molecular weight is 233 g/mol. The van der Waals surface area contributed by atoms with Gasteiger partial charge in [-0.25, -0.2) is 4.98 Å². The van der Waals surface area contributed by atoms with Crippen LogP contribution in [0.5, 0.6) is 0 Å². The van der Waals surface area contributed by atoms with Crippen molar-refractivity contribution in [3.8, 4) is 0 Å². The Morgan fingerprint density at radius 3 is 2.65 bits per heavy atom. The summed E-state index contributed by atoms with van der Waals surface area (Å²) in [6.07, 6.45) is 0. The number of carbonyl (C=O) groups excluding carboxylic acids is 2. The van der Waals surface area contributed by atoms with Crippen molar-refractivity contribution in [2.45, 2.75) is 0 Å². The number of carbonyl (C=O) groups is 2. The predicted molar refractivity (Wildman–Crippen MR) is 58.8 cm³/mol. The van der Waals surface area contributed by atoms with E-state index in [1.165, 1.54) is 6.07 Å². The third-order valence-electron chi connectivity index (χ3n) is 2.30. The molecule has 0 spiro atoms. The van der Waals surface area contributed by atoms with Crippen LogP contribution >= 0.6 is 0 Å².